The number of aromatic nitrogens is 1. The molecule has 2 fully saturated rings. The van der Waals surface area contributed by atoms with Crippen molar-refractivity contribution in [1.29, 1.82) is 0 Å². The third-order valence-electron chi connectivity index (χ3n) is 5.11. The second kappa shape index (κ2) is 7.42. The van der Waals surface area contributed by atoms with Crippen LogP contribution in [0, 0.1) is 0 Å². The molecule has 22 heavy (non-hydrogen) atoms. The first-order valence-corrected chi connectivity index (χ1v) is 8.91. The summed E-state index contributed by atoms with van der Waals surface area (Å²) in [6.07, 6.45) is 7.36. The lowest BCUT2D eigenvalue weighted by atomic mass is 9.96. The summed E-state index contributed by atoms with van der Waals surface area (Å²) in [4.78, 5) is 12.2. The average Bonchev–Trinajstić information content (AvgIpc) is 2.57. The van der Waals surface area contributed by atoms with Crippen LogP contribution in [0.5, 0.6) is 0 Å². The molecule has 0 spiro atoms. The fourth-order valence-electron chi connectivity index (χ4n) is 3.74. The summed E-state index contributed by atoms with van der Waals surface area (Å²) < 4.78 is 0. The van der Waals surface area contributed by atoms with Gasteiger partial charge in [-0.2, -0.15) is 0 Å². The Hall–Kier alpha value is -1.13. The van der Waals surface area contributed by atoms with Gasteiger partial charge in [-0.25, -0.2) is 4.98 Å². The van der Waals surface area contributed by atoms with Gasteiger partial charge in [0.05, 0.1) is 0 Å². The zero-order valence-electron chi connectivity index (χ0n) is 14.2. The molecule has 0 aromatic carbocycles. The van der Waals surface area contributed by atoms with Crippen LogP contribution in [0.4, 0.5) is 5.82 Å². The summed E-state index contributed by atoms with van der Waals surface area (Å²) in [5, 5.41) is 0. The number of piperidine rings is 1. The number of piperazine rings is 1. The van der Waals surface area contributed by atoms with Crippen molar-refractivity contribution in [1.82, 2.24) is 14.8 Å². The van der Waals surface area contributed by atoms with Crippen molar-refractivity contribution in [2.75, 3.05) is 51.2 Å². The first kappa shape index (κ1) is 15.8. The van der Waals surface area contributed by atoms with Crippen molar-refractivity contribution in [3.8, 4) is 0 Å². The van der Waals surface area contributed by atoms with E-state index in [-0.39, 0.29) is 0 Å². The number of likely N-dealkylation sites (tertiary alicyclic amines) is 1. The molecule has 0 amide bonds. The van der Waals surface area contributed by atoms with E-state index in [9.17, 15) is 0 Å². The van der Waals surface area contributed by atoms with E-state index >= 15 is 0 Å². The summed E-state index contributed by atoms with van der Waals surface area (Å²) in [6, 6.07) is 5.14. The summed E-state index contributed by atoms with van der Waals surface area (Å²) in [5.74, 6) is 1.15. The van der Waals surface area contributed by atoms with Gasteiger partial charge >= 0.3 is 0 Å². The van der Waals surface area contributed by atoms with E-state index in [2.05, 4.69) is 47.0 Å². The van der Waals surface area contributed by atoms with Crippen LogP contribution >= 0.6 is 0 Å². The van der Waals surface area contributed by atoms with Gasteiger partial charge in [0, 0.05) is 38.4 Å². The predicted molar refractivity (Wildman–Crippen MR) is 92.4 cm³/mol. The fourth-order valence-corrected chi connectivity index (χ4v) is 3.74. The molecule has 3 rings (SSSR count). The Labute approximate surface area is 135 Å². The number of nitrogens with zero attached hydrogens (tertiary/aromatic N) is 4. The molecule has 1 aromatic heterocycles. The van der Waals surface area contributed by atoms with Crippen molar-refractivity contribution in [3.05, 3.63) is 23.9 Å². The van der Waals surface area contributed by atoms with Gasteiger partial charge in [-0.1, -0.05) is 19.4 Å². The zero-order valence-corrected chi connectivity index (χ0v) is 14.2. The summed E-state index contributed by atoms with van der Waals surface area (Å²) >= 11 is 0. The maximum atomic E-state index is 4.78. The van der Waals surface area contributed by atoms with Gasteiger partial charge in [-0.3, -0.25) is 4.90 Å². The van der Waals surface area contributed by atoms with Gasteiger partial charge in [0.2, 0.25) is 0 Å². The molecule has 1 aromatic rings. The van der Waals surface area contributed by atoms with Gasteiger partial charge in [-0.05, 0) is 51.0 Å². The van der Waals surface area contributed by atoms with Gasteiger partial charge < -0.3 is 9.80 Å². The first-order valence-electron chi connectivity index (χ1n) is 8.91. The second-order valence-corrected chi connectivity index (χ2v) is 6.79. The molecule has 0 radical (unpaired) electrons. The quantitative estimate of drug-likeness (QED) is 0.853. The summed E-state index contributed by atoms with van der Waals surface area (Å²) in [5.41, 5.74) is 1.41. The van der Waals surface area contributed by atoms with E-state index in [1.807, 2.05) is 0 Å². The van der Waals surface area contributed by atoms with Crippen LogP contribution < -0.4 is 4.90 Å². The van der Waals surface area contributed by atoms with Crippen molar-refractivity contribution in [2.45, 2.75) is 38.6 Å². The standard InChI is InChI=1S/C18H30N4/c1-3-9-21-10-5-4-6-17(21)16-7-8-18(19-15-16)22-13-11-20(2)12-14-22/h7-8,15,17H,3-6,9-14H2,1-2H3/t17-/m0/s1. The van der Waals surface area contributed by atoms with Gasteiger partial charge in [0.25, 0.3) is 0 Å². The van der Waals surface area contributed by atoms with E-state index in [4.69, 9.17) is 4.98 Å². The number of pyridine rings is 1. The average molecular weight is 302 g/mol. The highest BCUT2D eigenvalue weighted by atomic mass is 15.3. The molecule has 2 aliphatic heterocycles. The summed E-state index contributed by atoms with van der Waals surface area (Å²) in [6.45, 7) is 9.19. The molecule has 4 nitrogen and oxygen atoms in total. The van der Waals surface area contributed by atoms with Crippen molar-refractivity contribution in [2.24, 2.45) is 0 Å². The van der Waals surface area contributed by atoms with Crippen molar-refractivity contribution in [3.63, 3.8) is 0 Å². The van der Waals surface area contributed by atoms with Crippen LogP contribution in [-0.2, 0) is 0 Å². The van der Waals surface area contributed by atoms with E-state index in [0.717, 1.165) is 32.0 Å². The Morgan fingerprint density at radius 3 is 2.59 bits per heavy atom. The Bertz CT molecular complexity index is 449. The van der Waals surface area contributed by atoms with E-state index < -0.39 is 0 Å². The zero-order chi connectivity index (χ0) is 15.4. The topological polar surface area (TPSA) is 22.6 Å². The third-order valence-corrected chi connectivity index (χ3v) is 5.11. The maximum absolute atomic E-state index is 4.78. The minimum atomic E-state index is 0.586. The lowest BCUT2D eigenvalue weighted by Crippen LogP contribution is -2.44. The van der Waals surface area contributed by atoms with Crippen LogP contribution in [0.1, 0.15) is 44.2 Å². The van der Waals surface area contributed by atoms with Crippen molar-refractivity contribution < 1.29 is 0 Å². The molecule has 2 saturated heterocycles. The number of rotatable bonds is 4. The predicted octanol–water partition coefficient (Wildman–Crippen LogP) is 2.77. The van der Waals surface area contributed by atoms with Gasteiger partial charge in [0.1, 0.15) is 5.82 Å². The third kappa shape index (κ3) is 3.61. The second-order valence-electron chi connectivity index (χ2n) is 6.79. The first-order chi connectivity index (χ1) is 10.8. The van der Waals surface area contributed by atoms with Crippen LogP contribution in [0.3, 0.4) is 0 Å². The Kier molecular flexibility index (Phi) is 5.32. The molecular formula is C18H30N4. The van der Waals surface area contributed by atoms with E-state index in [0.29, 0.717) is 6.04 Å². The molecular weight excluding hydrogens is 272 g/mol. The lowest BCUT2D eigenvalue weighted by Gasteiger charge is -2.36. The monoisotopic (exact) mass is 302 g/mol. The molecule has 1 atom stereocenters. The van der Waals surface area contributed by atoms with Gasteiger partial charge in [0.15, 0.2) is 0 Å². The lowest BCUT2D eigenvalue weighted by molar-refractivity contribution is 0.149. The largest absolute Gasteiger partial charge is 0.354 e. The SMILES string of the molecule is CCCN1CCCC[C@H]1c1ccc(N2CCN(C)CC2)nc1. The fraction of sp³-hybridized carbons (Fsp3) is 0.722. The number of likely N-dealkylation sites (N-methyl/N-ethyl adjacent to an activating group) is 1. The highest BCUT2D eigenvalue weighted by molar-refractivity contribution is 5.40. The molecule has 0 N–H and O–H groups in total. The Balaban J connectivity index is 1.67. The highest BCUT2D eigenvalue weighted by Gasteiger charge is 2.23. The molecule has 0 aliphatic carbocycles. The summed E-state index contributed by atoms with van der Waals surface area (Å²) in [7, 11) is 2.19. The minimum Gasteiger partial charge on any atom is -0.354 e. The molecule has 0 saturated carbocycles. The maximum Gasteiger partial charge on any atom is 0.128 e. The molecule has 122 valence electrons. The Morgan fingerprint density at radius 1 is 1.09 bits per heavy atom. The normalized spacial score (nSPS) is 24.6. The smallest absolute Gasteiger partial charge is 0.128 e. The number of hydrogen-bond acceptors (Lipinski definition) is 4. The van der Waals surface area contributed by atoms with Crippen molar-refractivity contribution >= 4 is 5.82 Å². The van der Waals surface area contributed by atoms with Gasteiger partial charge in [-0.15, -0.1) is 0 Å². The molecule has 3 heterocycles. The van der Waals surface area contributed by atoms with Crippen LogP contribution in [-0.4, -0.2) is 61.1 Å². The molecule has 0 bridgehead atoms. The van der Waals surface area contributed by atoms with E-state index in [1.165, 1.54) is 44.3 Å². The van der Waals surface area contributed by atoms with Crippen LogP contribution in [0.15, 0.2) is 18.3 Å². The Morgan fingerprint density at radius 2 is 1.91 bits per heavy atom. The highest BCUT2D eigenvalue weighted by Crippen LogP contribution is 2.31. The minimum absolute atomic E-state index is 0.586. The number of anilines is 1. The van der Waals surface area contributed by atoms with Crippen LogP contribution in [0.25, 0.3) is 0 Å². The van der Waals surface area contributed by atoms with Crippen LogP contribution in [0.2, 0.25) is 0 Å². The van der Waals surface area contributed by atoms with E-state index in [1.54, 1.807) is 0 Å². The molecule has 0 unspecified atom stereocenters. The molecule has 2 aliphatic rings. The number of hydrogen-bond donors (Lipinski definition) is 0. The molecule has 4 heteroatoms.